The number of rotatable bonds is 6. The van der Waals surface area contributed by atoms with E-state index in [-0.39, 0.29) is 5.41 Å². The van der Waals surface area contributed by atoms with Crippen molar-refractivity contribution in [3.63, 3.8) is 0 Å². The molecule has 0 amide bonds. The van der Waals surface area contributed by atoms with Crippen molar-refractivity contribution in [3.05, 3.63) is 186 Å². The third kappa shape index (κ3) is 5.96. The lowest BCUT2D eigenvalue weighted by Crippen LogP contribution is -2.25. The van der Waals surface area contributed by atoms with E-state index in [9.17, 15) is 0 Å². The van der Waals surface area contributed by atoms with Crippen LogP contribution in [0.5, 0.6) is 11.5 Å². The highest BCUT2D eigenvalue weighted by molar-refractivity contribution is 6.13. The first-order chi connectivity index (χ1) is 29.6. The number of anilines is 4. The number of pyridine rings is 1. The third-order valence-corrected chi connectivity index (χ3v) is 12.4. The largest absolute Gasteiger partial charge is 0.455 e. The molecule has 0 saturated carbocycles. The molecule has 6 heteroatoms. The van der Waals surface area contributed by atoms with Gasteiger partial charge >= 0.3 is 0 Å². The maximum absolute atomic E-state index is 7.31. The summed E-state index contributed by atoms with van der Waals surface area (Å²) in [5.74, 6) is 2.42. The van der Waals surface area contributed by atoms with E-state index in [2.05, 4.69) is 218 Å². The van der Waals surface area contributed by atoms with Crippen molar-refractivity contribution in [2.24, 2.45) is 0 Å². The fourth-order valence-corrected chi connectivity index (χ4v) is 9.74. The second kappa shape index (κ2) is 13.9. The molecule has 0 unspecified atom stereocenters. The van der Waals surface area contributed by atoms with Gasteiger partial charge < -0.3 is 19.1 Å². The van der Waals surface area contributed by atoms with Gasteiger partial charge in [-0.15, -0.1) is 0 Å². The smallest absolute Gasteiger partial charge is 0.154 e. The summed E-state index contributed by atoms with van der Waals surface area (Å²) in [6.45, 7) is 14.0. The molecule has 0 atom stereocenters. The van der Waals surface area contributed by atoms with Gasteiger partial charge in [0.1, 0.15) is 18.2 Å². The van der Waals surface area contributed by atoms with E-state index in [1.165, 1.54) is 44.4 Å². The summed E-state index contributed by atoms with van der Waals surface area (Å²) in [4.78, 5) is 9.85. The monoisotopic (exact) mass is 793 g/mol. The molecule has 7 aromatic carbocycles. The number of hydrogen-bond donors (Lipinski definition) is 0. The zero-order valence-electron chi connectivity index (χ0n) is 35.4. The van der Waals surface area contributed by atoms with Crippen LogP contribution >= 0.6 is 0 Å². The number of fused-ring (bicyclic) bond motifs is 7. The Kier molecular flexibility index (Phi) is 8.36. The topological polar surface area (TPSA) is 38.5 Å². The molecule has 0 fully saturated rings. The van der Waals surface area contributed by atoms with Crippen LogP contribution in [0.25, 0.3) is 55.1 Å². The number of benzene rings is 7. The van der Waals surface area contributed by atoms with Crippen molar-refractivity contribution in [2.75, 3.05) is 16.5 Å². The van der Waals surface area contributed by atoms with Gasteiger partial charge in [-0.3, -0.25) is 4.57 Å². The van der Waals surface area contributed by atoms with E-state index in [4.69, 9.17) is 9.72 Å². The van der Waals surface area contributed by atoms with E-state index >= 15 is 0 Å². The van der Waals surface area contributed by atoms with Crippen LogP contribution in [0.2, 0.25) is 0 Å². The SMILES string of the molecule is Cc1cc(C)c(N2CN(c3cc(Oc4ccc5c6ccccc6n(-c6cc(C(C)(C)C)ccn6)c5c4)c4c(c3)c3ccccc3n4-c3ccccc3)c3ccccc32)c(C)c1. The minimum Gasteiger partial charge on any atom is -0.455 e. The van der Waals surface area contributed by atoms with Gasteiger partial charge in [-0.2, -0.15) is 0 Å². The summed E-state index contributed by atoms with van der Waals surface area (Å²) in [6, 6.07) is 56.7. The van der Waals surface area contributed by atoms with Crippen LogP contribution in [0.1, 0.15) is 43.0 Å². The highest BCUT2D eigenvalue weighted by Gasteiger charge is 2.31. The predicted octanol–water partition coefficient (Wildman–Crippen LogP) is 14.5. The van der Waals surface area contributed by atoms with Crippen LogP contribution in [-0.2, 0) is 5.41 Å². The normalized spacial score (nSPS) is 13.0. The summed E-state index contributed by atoms with van der Waals surface area (Å²) in [5, 5.41) is 4.63. The molecule has 61 heavy (non-hydrogen) atoms. The Labute approximate surface area is 356 Å². The van der Waals surface area contributed by atoms with Crippen molar-refractivity contribution < 1.29 is 4.74 Å². The van der Waals surface area contributed by atoms with Crippen LogP contribution in [0.15, 0.2) is 164 Å². The Morgan fingerprint density at radius 2 is 1.15 bits per heavy atom. The molecule has 0 radical (unpaired) electrons. The van der Waals surface area contributed by atoms with E-state index in [0.717, 1.165) is 67.2 Å². The number of nitrogens with zero attached hydrogens (tertiary/aromatic N) is 5. The minimum absolute atomic E-state index is 0.0248. The quantitative estimate of drug-likeness (QED) is 0.168. The van der Waals surface area contributed by atoms with Gasteiger partial charge in [0.2, 0.25) is 0 Å². The van der Waals surface area contributed by atoms with Crippen molar-refractivity contribution in [1.82, 2.24) is 14.1 Å². The molecule has 10 aromatic rings. The average molecular weight is 794 g/mol. The summed E-state index contributed by atoms with van der Waals surface area (Å²) in [7, 11) is 0. The van der Waals surface area contributed by atoms with Crippen molar-refractivity contribution in [1.29, 1.82) is 0 Å². The van der Waals surface area contributed by atoms with Crippen molar-refractivity contribution in [2.45, 2.75) is 47.0 Å². The van der Waals surface area contributed by atoms with Gasteiger partial charge in [0, 0.05) is 56.9 Å². The molecule has 1 aliphatic rings. The molecule has 298 valence electrons. The Hall–Kier alpha value is -7.31. The van der Waals surface area contributed by atoms with Crippen LogP contribution in [0, 0.1) is 20.8 Å². The molecule has 0 saturated heterocycles. The molecule has 6 nitrogen and oxygen atoms in total. The first kappa shape index (κ1) is 36.7. The number of ether oxygens (including phenoxy) is 1. The summed E-state index contributed by atoms with van der Waals surface area (Å²) in [5.41, 5.74) is 15.1. The molecule has 4 heterocycles. The third-order valence-electron chi connectivity index (χ3n) is 12.4. The van der Waals surface area contributed by atoms with Crippen molar-refractivity contribution in [3.8, 4) is 23.0 Å². The first-order valence-corrected chi connectivity index (χ1v) is 21.1. The minimum atomic E-state index is -0.0248. The van der Waals surface area contributed by atoms with Crippen LogP contribution < -0.4 is 14.5 Å². The fourth-order valence-electron chi connectivity index (χ4n) is 9.74. The highest BCUT2D eigenvalue weighted by Crippen LogP contribution is 2.49. The summed E-state index contributed by atoms with van der Waals surface area (Å²) in [6.07, 6.45) is 1.93. The molecule has 0 aliphatic carbocycles. The molecular weight excluding hydrogens is 747 g/mol. The zero-order valence-corrected chi connectivity index (χ0v) is 35.4. The maximum Gasteiger partial charge on any atom is 0.154 e. The molecular formula is C55H47N5O. The fraction of sp³-hybridized carbons (Fsp3) is 0.145. The lowest BCUT2D eigenvalue weighted by molar-refractivity contribution is 0.487. The van der Waals surface area contributed by atoms with E-state index < -0.39 is 0 Å². The van der Waals surface area contributed by atoms with Gasteiger partial charge in [0.15, 0.2) is 5.75 Å². The maximum atomic E-state index is 7.31. The number of para-hydroxylation sites is 5. The number of aryl methyl sites for hydroxylation is 3. The number of hydrogen-bond acceptors (Lipinski definition) is 4. The number of aromatic nitrogens is 3. The molecule has 1 aliphatic heterocycles. The zero-order chi connectivity index (χ0) is 41.6. The highest BCUT2D eigenvalue weighted by atomic mass is 16.5. The Morgan fingerprint density at radius 1 is 0.525 bits per heavy atom. The van der Waals surface area contributed by atoms with Crippen LogP contribution in [0.4, 0.5) is 22.7 Å². The standard InChI is InChI=1S/C55H47N5O/c1-35-28-36(2)53(37(3)29-35)58-34-57(48-22-14-15-23-49(48)58)40-31-45-43-19-11-12-20-46(43)59(39-16-8-7-9-17-39)54(45)51(32-40)61-41-24-25-44-42-18-10-13-21-47(42)60(50(44)33-41)52-30-38(26-27-56-52)55(4,5)6/h7-33H,34H2,1-6H3. The first-order valence-electron chi connectivity index (χ1n) is 21.1. The lowest BCUT2D eigenvalue weighted by Gasteiger charge is -2.26. The lowest BCUT2D eigenvalue weighted by atomic mass is 9.88. The Bertz CT molecular complexity index is 3330. The Balaban J connectivity index is 1.13. The molecule has 0 spiro atoms. The van der Waals surface area contributed by atoms with E-state index in [1.807, 2.05) is 6.20 Å². The Morgan fingerprint density at radius 3 is 1.87 bits per heavy atom. The van der Waals surface area contributed by atoms with Gasteiger partial charge in [0.05, 0.1) is 33.4 Å². The van der Waals surface area contributed by atoms with Crippen LogP contribution in [-0.4, -0.2) is 20.8 Å². The van der Waals surface area contributed by atoms with Crippen LogP contribution in [0.3, 0.4) is 0 Å². The second-order valence-electron chi connectivity index (χ2n) is 17.5. The summed E-state index contributed by atoms with van der Waals surface area (Å²) >= 11 is 0. The van der Waals surface area contributed by atoms with Gasteiger partial charge in [-0.25, -0.2) is 4.98 Å². The molecule has 3 aromatic heterocycles. The molecule has 0 N–H and O–H groups in total. The van der Waals surface area contributed by atoms with Gasteiger partial charge in [-0.1, -0.05) is 105 Å². The molecule has 0 bridgehead atoms. The van der Waals surface area contributed by atoms with Crippen molar-refractivity contribution >= 4 is 66.4 Å². The predicted molar refractivity (Wildman–Crippen MR) is 254 cm³/mol. The van der Waals surface area contributed by atoms with E-state index in [0.29, 0.717) is 6.67 Å². The van der Waals surface area contributed by atoms with Gasteiger partial charge in [0.25, 0.3) is 0 Å². The average Bonchev–Trinajstić information content (AvgIpc) is 3.91. The van der Waals surface area contributed by atoms with Gasteiger partial charge in [-0.05, 0) is 110 Å². The molecule has 11 rings (SSSR count). The summed E-state index contributed by atoms with van der Waals surface area (Å²) < 4.78 is 11.9. The van der Waals surface area contributed by atoms with E-state index in [1.54, 1.807) is 0 Å². The second-order valence-corrected chi connectivity index (χ2v) is 17.5.